The number of hydrogen-bond donors (Lipinski definition) is 1. The Bertz CT molecular complexity index is 352. The minimum absolute atomic E-state index is 0.229. The van der Waals surface area contributed by atoms with E-state index in [0.717, 1.165) is 6.07 Å². The first-order valence-corrected chi connectivity index (χ1v) is 4.35. The highest BCUT2D eigenvalue weighted by atomic mass is 19.3. The largest absolute Gasteiger partial charge is 0.396 e. The molecule has 5 heteroatoms. The number of halogens is 4. The number of rotatable bonds is 3. The van der Waals surface area contributed by atoms with Gasteiger partial charge >= 0.3 is 0 Å². The zero-order chi connectivity index (χ0) is 11.6. The lowest BCUT2D eigenvalue weighted by molar-refractivity contribution is 0.150. The van der Waals surface area contributed by atoms with Gasteiger partial charge in [0.25, 0.3) is 6.43 Å². The van der Waals surface area contributed by atoms with Gasteiger partial charge in [-0.3, -0.25) is 0 Å². The maximum absolute atomic E-state index is 13.2. The van der Waals surface area contributed by atoms with E-state index in [1.165, 1.54) is 6.92 Å². The first-order valence-electron chi connectivity index (χ1n) is 4.35. The summed E-state index contributed by atoms with van der Waals surface area (Å²) in [6.07, 6.45) is -2.86. The average molecular weight is 222 g/mol. The molecule has 1 N–H and O–H groups in total. The molecule has 1 unspecified atom stereocenters. The number of alkyl halides is 2. The van der Waals surface area contributed by atoms with E-state index in [-0.39, 0.29) is 5.56 Å². The lowest BCUT2D eigenvalue weighted by atomic mass is 9.99. The molecule has 0 aliphatic heterocycles. The molecule has 0 aromatic heterocycles. The third kappa shape index (κ3) is 2.47. The predicted octanol–water partition coefficient (Wildman–Crippen LogP) is 3.00. The van der Waals surface area contributed by atoms with Gasteiger partial charge in [0, 0.05) is 18.1 Å². The smallest absolute Gasteiger partial charge is 0.263 e. The van der Waals surface area contributed by atoms with E-state index in [4.69, 9.17) is 5.11 Å². The van der Waals surface area contributed by atoms with Crippen molar-refractivity contribution in [3.63, 3.8) is 0 Å². The SMILES string of the molecule is CC(CO)c1cc(C(F)F)cc(F)c1F. The van der Waals surface area contributed by atoms with Crippen molar-refractivity contribution in [1.82, 2.24) is 0 Å². The number of aliphatic hydroxyl groups is 1. The van der Waals surface area contributed by atoms with Gasteiger partial charge in [-0.05, 0) is 17.7 Å². The van der Waals surface area contributed by atoms with Crippen LogP contribution in [0.15, 0.2) is 12.1 Å². The maximum Gasteiger partial charge on any atom is 0.263 e. The molecule has 1 rings (SSSR count). The fraction of sp³-hybridized carbons (Fsp3) is 0.400. The van der Waals surface area contributed by atoms with Crippen LogP contribution in [0.4, 0.5) is 17.6 Å². The molecule has 0 saturated carbocycles. The van der Waals surface area contributed by atoms with E-state index in [9.17, 15) is 17.6 Å². The molecular weight excluding hydrogens is 212 g/mol. The average Bonchev–Trinajstić information content (AvgIpc) is 2.20. The van der Waals surface area contributed by atoms with Gasteiger partial charge < -0.3 is 5.11 Å². The minimum Gasteiger partial charge on any atom is -0.396 e. The quantitative estimate of drug-likeness (QED) is 0.779. The Kier molecular flexibility index (Phi) is 3.68. The highest BCUT2D eigenvalue weighted by Crippen LogP contribution is 2.27. The normalized spacial score (nSPS) is 13.3. The van der Waals surface area contributed by atoms with Gasteiger partial charge in [-0.25, -0.2) is 17.6 Å². The molecule has 0 amide bonds. The van der Waals surface area contributed by atoms with E-state index in [0.29, 0.717) is 6.07 Å². The Morgan fingerprint density at radius 3 is 2.33 bits per heavy atom. The van der Waals surface area contributed by atoms with Crippen LogP contribution in [-0.4, -0.2) is 11.7 Å². The predicted molar refractivity (Wildman–Crippen MR) is 46.8 cm³/mol. The zero-order valence-electron chi connectivity index (χ0n) is 7.98. The minimum atomic E-state index is -2.86. The third-order valence-corrected chi connectivity index (χ3v) is 2.14. The molecule has 0 aliphatic rings. The molecule has 1 nitrogen and oxygen atoms in total. The van der Waals surface area contributed by atoms with Crippen molar-refractivity contribution in [1.29, 1.82) is 0 Å². The Morgan fingerprint density at radius 2 is 1.87 bits per heavy atom. The van der Waals surface area contributed by atoms with E-state index in [1.807, 2.05) is 0 Å². The second-order valence-electron chi connectivity index (χ2n) is 3.29. The molecule has 84 valence electrons. The summed E-state index contributed by atoms with van der Waals surface area (Å²) in [6.45, 7) is 0.996. The number of benzene rings is 1. The van der Waals surface area contributed by atoms with Crippen LogP contribution in [-0.2, 0) is 0 Å². The van der Waals surface area contributed by atoms with Crippen molar-refractivity contribution in [3.8, 4) is 0 Å². The summed E-state index contributed by atoms with van der Waals surface area (Å²) >= 11 is 0. The van der Waals surface area contributed by atoms with Crippen LogP contribution in [0.3, 0.4) is 0 Å². The van der Waals surface area contributed by atoms with Crippen LogP contribution in [0.2, 0.25) is 0 Å². The summed E-state index contributed by atoms with van der Waals surface area (Å²) in [5.74, 6) is -3.21. The van der Waals surface area contributed by atoms with Crippen LogP contribution < -0.4 is 0 Å². The van der Waals surface area contributed by atoms with Crippen molar-refractivity contribution in [2.75, 3.05) is 6.61 Å². The van der Waals surface area contributed by atoms with E-state index >= 15 is 0 Å². The molecule has 0 aliphatic carbocycles. The highest BCUT2D eigenvalue weighted by Gasteiger charge is 2.19. The summed E-state index contributed by atoms with van der Waals surface area (Å²) in [5.41, 5.74) is -0.808. The van der Waals surface area contributed by atoms with Gasteiger partial charge in [0.15, 0.2) is 11.6 Å². The Labute approximate surface area is 84.3 Å². The third-order valence-electron chi connectivity index (χ3n) is 2.14. The first-order chi connectivity index (χ1) is 6.97. The van der Waals surface area contributed by atoms with Crippen LogP contribution in [0, 0.1) is 11.6 Å². The fourth-order valence-electron chi connectivity index (χ4n) is 1.22. The van der Waals surface area contributed by atoms with Crippen LogP contribution in [0.1, 0.15) is 30.4 Å². The molecule has 0 saturated heterocycles. The van der Waals surface area contributed by atoms with Gasteiger partial charge in [-0.15, -0.1) is 0 Å². The van der Waals surface area contributed by atoms with E-state index in [2.05, 4.69) is 0 Å². The molecule has 1 aromatic rings. The maximum atomic E-state index is 13.2. The number of hydrogen-bond acceptors (Lipinski definition) is 1. The monoisotopic (exact) mass is 222 g/mol. The molecule has 0 fully saturated rings. The number of aliphatic hydroxyl groups excluding tert-OH is 1. The molecular formula is C10H10F4O. The second kappa shape index (κ2) is 4.61. The van der Waals surface area contributed by atoms with Gasteiger partial charge in [0.2, 0.25) is 0 Å². The second-order valence-corrected chi connectivity index (χ2v) is 3.29. The summed E-state index contributed by atoms with van der Waals surface area (Å²) < 4.78 is 50.6. The van der Waals surface area contributed by atoms with Crippen LogP contribution in [0.25, 0.3) is 0 Å². The topological polar surface area (TPSA) is 20.2 Å². The lowest BCUT2D eigenvalue weighted by Gasteiger charge is -2.12. The Hall–Kier alpha value is -1.10. The van der Waals surface area contributed by atoms with Crippen molar-refractivity contribution < 1.29 is 22.7 Å². The van der Waals surface area contributed by atoms with Gasteiger partial charge in [-0.1, -0.05) is 6.92 Å². The van der Waals surface area contributed by atoms with Crippen LogP contribution >= 0.6 is 0 Å². The fourth-order valence-corrected chi connectivity index (χ4v) is 1.22. The molecule has 1 aromatic carbocycles. The standard InChI is InChI=1S/C10H10F4O/c1-5(4-15)7-2-6(10(13)14)3-8(11)9(7)12/h2-3,5,10,15H,4H2,1H3. The molecule has 15 heavy (non-hydrogen) atoms. The summed E-state index contributed by atoms with van der Waals surface area (Å²) in [5, 5.41) is 8.76. The van der Waals surface area contributed by atoms with Crippen LogP contribution in [0.5, 0.6) is 0 Å². The van der Waals surface area contributed by atoms with Crippen molar-refractivity contribution in [2.24, 2.45) is 0 Å². The molecule has 0 radical (unpaired) electrons. The van der Waals surface area contributed by atoms with E-state index < -0.39 is 36.1 Å². The summed E-state index contributed by atoms with van der Waals surface area (Å²) in [6, 6.07) is 1.34. The lowest BCUT2D eigenvalue weighted by Crippen LogP contribution is -2.05. The van der Waals surface area contributed by atoms with Crippen molar-refractivity contribution in [3.05, 3.63) is 34.9 Å². The van der Waals surface area contributed by atoms with Gasteiger partial charge in [-0.2, -0.15) is 0 Å². The molecule has 0 spiro atoms. The van der Waals surface area contributed by atoms with Crippen molar-refractivity contribution >= 4 is 0 Å². The Morgan fingerprint density at radius 1 is 1.27 bits per heavy atom. The molecule has 0 bridgehead atoms. The first kappa shape index (κ1) is 12.0. The summed E-state index contributed by atoms with van der Waals surface area (Å²) in [4.78, 5) is 0. The molecule has 0 heterocycles. The zero-order valence-corrected chi connectivity index (χ0v) is 7.98. The highest BCUT2D eigenvalue weighted by molar-refractivity contribution is 5.29. The van der Waals surface area contributed by atoms with Crippen molar-refractivity contribution in [2.45, 2.75) is 19.3 Å². The molecule has 1 atom stereocenters. The van der Waals surface area contributed by atoms with Gasteiger partial charge in [0.05, 0.1) is 0 Å². The summed E-state index contributed by atoms with van der Waals surface area (Å²) in [7, 11) is 0. The van der Waals surface area contributed by atoms with Gasteiger partial charge in [0.1, 0.15) is 0 Å². The van der Waals surface area contributed by atoms with E-state index in [1.54, 1.807) is 0 Å². The Balaban J connectivity index is 3.25.